The van der Waals surface area contributed by atoms with Gasteiger partial charge in [-0.15, -0.1) is 0 Å². The number of benzene rings is 1. The number of carbonyl (C=O) groups is 2. The van der Waals surface area contributed by atoms with E-state index in [1.807, 2.05) is 19.1 Å². The molecule has 0 aliphatic rings. The minimum atomic E-state index is -0.586. The molecule has 0 radical (unpaired) electrons. The van der Waals surface area contributed by atoms with Gasteiger partial charge in [-0.3, -0.25) is 9.59 Å². The van der Waals surface area contributed by atoms with Crippen LogP contribution in [0.5, 0.6) is 5.75 Å². The van der Waals surface area contributed by atoms with Crippen LogP contribution in [-0.4, -0.2) is 40.3 Å². The number of hydrogen-bond donors (Lipinski definition) is 1. The summed E-state index contributed by atoms with van der Waals surface area (Å²) in [6.45, 7) is 1.93. The van der Waals surface area contributed by atoms with E-state index in [0.29, 0.717) is 6.42 Å². The summed E-state index contributed by atoms with van der Waals surface area (Å²) in [7, 11) is 6.02. The van der Waals surface area contributed by atoms with Gasteiger partial charge in [-0.25, -0.2) is 0 Å². The molecule has 0 fully saturated rings. The Bertz CT molecular complexity index is 542. The van der Waals surface area contributed by atoms with E-state index in [9.17, 15) is 9.59 Å². The topological polar surface area (TPSA) is 73.9 Å². The third-order valence-electron chi connectivity index (χ3n) is 3.61. The van der Waals surface area contributed by atoms with Crippen LogP contribution in [0.2, 0.25) is 0 Å². The highest BCUT2D eigenvalue weighted by Gasteiger charge is 2.25. The molecule has 1 aromatic carbocycles. The largest absolute Gasteiger partial charge is 0.496 e. The van der Waals surface area contributed by atoms with E-state index in [0.717, 1.165) is 22.6 Å². The molecule has 0 amide bonds. The molecule has 1 rings (SSSR count). The second-order valence-corrected chi connectivity index (χ2v) is 4.88. The molecule has 0 spiro atoms. The Kier molecular flexibility index (Phi) is 6.69. The lowest BCUT2D eigenvalue weighted by Crippen LogP contribution is -2.23. The smallest absolute Gasteiger partial charge is 0.309 e. The number of nitrogens with one attached hydrogen (secondary N) is 1. The van der Waals surface area contributed by atoms with Gasteiger partial charge < -0.3 is 19.5 Å². The van der Waals surface area contributed by atoms with Gasteiger partial charge in [0.05, 0.1) is 33.7 Å². The van der Waals surface area contributed by atoms with Crippen molar-refractivity contribution in [2.24, 2.45) is 5.92 Å². The van der Waals surface area contributed by atoms with E-state index >= 15 is 0 Å². The molecule has 0 heterocycles. The maximum absolute atomic E-state index is 11.9. The van der Waals surface area contributed by atoms with Gasteiger partial charge in [-0.1, -0.05) is 6.07 Å². The minimum Gasteiger partial charge on any atom is -0.496 e. The molecule has 122 valence electrons. The fourth-order valence-corrected chi connectivity index (χ4v) is 2.44. The summed E-state index contributed by atoms with van der Waals surface area (Å²) < 4.78 is 14.7. The maximum Gasteiger partial charge on any atom is 0.309 e. The van der Waals surface area contributed by atoms with Gasteiger partial charge in [0.2, 0.25) is 0 Å². The highest BCUT2D eigenvalue weighted by atomic mass is 16.5. The molecule has 0 aliphatic carbocycles. The van der Waals surface area contributed by atoms with Crippen molar-refractivity contribution >= 4 is 17.6 Å². The van der Waals surface area contributed by atoms with Crippen LogP contribution in [0.1, 0.15) is 17.5 Å². The minimum absolute atomic E-state index is 0.0165. The summed E-state index contributed by atoms with van der Waals surface area (Å²) in [4.78, 5) is 23.4. The molecular weight excluding hydrogens is 286 g/mol. The van der Waals surface area contributed by atoms with Gasteiger partial charge in [0, 0.05) is 18.3 Å². The molecule has 1 N–H and O–H groups in total. The molecule has 6 heteroatoms. The SMILES string of the molecule is CNc1c(CC(CC(=O)OC)C(=O)OC)ccc(OC)c1C. The number of hydrogen-bond acceptors (Lipinski definition) is 6. The third kappa shape index (κ3) is 4.13. The molecule has 6 nitrogen and oxygen atoms in total. The summed E-state index contributed by atoms with van der Waals surface area (Å²) in [6.07, 6.45) is 0.361. The molecule has 0 saturated heterocycles. The molecule has 0 bridgehead atoms. The van der Waals surface area contributed by atoms with Crippen LogP contribution in [0.25, 0.3) is 0 Å². The Balaban J connectivity index is 3.09. The summed E-state index contributed by atoms with van der Waals surface area (Å²) >= 11 is 0. The highest BCUT2D eigenvalue weighted by molar-refractivity contribution is 5.80. The predicted molar refractivity (Wildman–Crippen MR) is 83.1 cm³/mol. The maximum atomic E-state index is 11.9. The van der Waals surface area contributed by atoms with E-state index < -0.39 is 17.9 Å². The van der Waals surface area contributed by atoms with Crippen LogP contribution >= 0.6 is 0 Å². The zero-order valence-corrected chi connectivity index (χ0v) is 13.7. The van der Waals surface area contributed by atoms with Crippen LogP contribution < -0.4 is 10.1 Å². The van der Waals surface area contributed by atoms with Gasteiger partial charge in [-0.05, 0) is 25.0 Å². The van der Waals surface area contributed by atoms with Crippen molar-refractivity contribution in [2.75, 3.05) is 33.7 Å². The van der Waals surface area contributed by atoms with Crippen molar-refractivity contribution < 1.29 is 23.8 Å². The van der Waals surface area contributed by atoms with E-state index in [4.69, 9.17) is 9.47 Å². The second-order valence-electron chi connectivity index (χ2n) is 4.88. The normalized spacial score (nSPS) is 11.5. The predicted octanol–water partition coefficient (Wildman–Crippen LogP) is 1.94. The monoisotopic (exact) mass is 309 g/mol. The number of carbonyl (C=O) groups excluding carboxylic acids is 2. The van der Waals surface area contributed by atoms with Gasteiger partial charge in [0.25, 0.3) is 0 Å². The van der Waals surface area contributed by atoms with Crippen LogP contribution in [0.4, 0.5) is 5.69 Å². The van der Waals surface area contributed by atoms with Gasteiger partial charge >= 0.3 is 11.9 Å². The van der Waals surface area contributed by atoms with Gasteiger partial charge in [-0.2, -0.15) is 0 Å². The Hall–Kier alpha value is -2.24. The second kappa shape index (κ2) is 8.26. The quantitative estimate of drug-likeness (QED) is 0.776. The highest BCUT2D eigenvalue weighted by Crippen LogP contribution is 2.31. The number of anilines is 1. The Morgan fingerprint density at radius 1 is 1.18 bits per heavy atom. The number of ether oxygens (including phenoxy) is 3. The molecule has 0 aliphatic heterocycles. The zero-order valence-electron chi connectivity index (χ0n) is 13.7. The summed E-state index contributed by atoms with van der Waals surface area (Å²) in [5.74, 6) is -0.694. The average Bonchev–Trinajstić information content (AvgIpc) is 2.53. The molecule has 1 unspecified atom stereocenters. The molecule has 0 saturated carbocycles. The van der Waals surface area contributed by atoms with E-state index in [-0.39, 0.29) is 6.42 Å². The molecule has 0 aromatic heterocycles. The first-order chi connectivity index (χ1) is 10.5. The fourth-order valence-electron chi connectivity index (χ4n) is 2.44. The van der Waals surface area contributed by atoms with Crippen molar-refractivity contribution in [3.8, 4) is 5.75 Å². The average molecular weight is 309 g/mol. The zero-order chi connectivity index (χ0) is 16.7. The number of rotatable bonds is 7. The van der Waals surface area contributed by atoms with Crippen molar-refractivity contribution in [1.82, 2.24) is 0 Å². The van der Waals surface area contributed by atoms with Gasteiger partial charge in [0.15, 0.2) is 0 Å². The first-order valence-corrected chi connectivity index (χ1v) is 6.97. The summed E-state index contributed by atoms with van der Waals surface area (Å²) in [5, 5.41) is 3.12. The molecule has 1 aromatic rings. The van der Waals surface area contributed by atoms with Crippen LogP contribution in [0.15, 0.2) is 12.1 Å². The lowest BCUT2D eigenvalue weighted by atomic mass is 9.93. The van der Waals surface area contributed by atoms with Crippen molar-refractivity contribution in [1.29, 1.82) is 0 Å². The lowest BCUT2D eigenvalue weighted by molar-refractivity contribution is -0.151. The van der Waals surface area contributed by atoms with E-state index in [1.54, 1.807) is 14.2 Å². The molecule has 22 heavy (non-hydrogen) atoms. The Morgan fingerprint density at radius 3 is 2.36 bits per heavy atom. The lowest BCUT2D eigenvalue weighted by Gasteiger charge is -2.19. The van der Waals surface area contributed by atoms with E-state index in [2.05, 4.69) is 10.1 Å². The van der Waals surface area contributed by atoms with Crippen LogP contribution in [0.3, 0.4) is 0 Å². The van der Waals surface area contributed by atoms with Crippen molar-refractivity contribution in [2.45, 2.75) is 19.8 Å². The number of methoxy groups -OCH3 is 3. The van der Waals surface area contributed by atoms with Crippen molar-refractivity contribution in [3.05, 3.63) is 23.3 Å². The first-order valence-electron chi connectivity index (χ1n) is 6.97. The Labute approximate surface area is 130 Å². The van der Waals surface area contributed by atoms with Crippen LogP contribution in [-0.2, 0) is 25.5 Å². The third-order valence-corrected chi connectivity index (χ3v) is 3.61. The first kappa shape index (κ1) is 17.8. The summed E-state index contributed by atoms with van der Waals surface area (Å²) in [6, 6.07) is 3.73. The standard InChI is InChI=1S/C16H23NO5/c1-10-13(20-3)7-6-11(15(10)17-2)8-12(16(19)22-5)9-14(18)21-4/h6-7,12,17H,8-9H2,1-5H3. The van der Waals surface area contributed by atoms with Crippen molar-refractivity contribution in [3.63, 3.8) is 0 Å². The van der Waals surface area contributed by atoms with E-state index in [1.165, 1.54) is 14.2 Å². The molecule has 1 atom stereocenters. The molecular formula is C16H23NO5. The summed E-state index contributed by atoms with van der Waals surface area (Å²) in [5.41, 5.74) is 2.75. The number of esters is 2. The Morgan fingerprint density at radius 2 is 1.86 bits per heavy atom. The van der Waals surface area contributed by atoms with Crippen LogP contribution in [0, 0.1) is 12.8 Å². The fraction of sp³-hybridized carbons (Fsp3) is 0.500. The van der Waals surface area contributed by atoms with Gasteiger partial charge in [0.1, 0.15) is 5.75 Å².